The molecule has 128 valence electrons. The molecule has 2 rings (SSSR count). The molecule has 24 heavy (non-hydrogen) atoms. The summed E-state index contributed by atoms with van der Waals surface area (Å²) in [6.07, 6.45) is 1.53. The Labute approximate surface area is 154 Å². The number of rotatable bonds is 7. The van der Waals surface area contributed by atoms with Gasteiger partial charge in [0, 0.05) is 18.3 Å². The van der Waals surface area contributed by atoms with E-state index in [2.05, 4.69) is 15.8 Å². The number of hydrogen-bond donors (Lipinski definition) is 2. The number of halogens is 3. The molecule has 2 aromatic rings. The van der Waals surface area contributed by atoms with Crippen LogP contribution in [0.5, 0.6) is 5.88 Å². The molecule has 0 aliphatic rings. The highest BCUT2D eigenvalue weighted by Gasteiger charge is 2.15. The summed E-state index contributed by atoms with van der Waals surface area (Å²) in [7, 11) is 1.55. The van der Waals surface area contributed by atoms with Gasteiger partial charge in [-0.2, -0.15) is 0 Å². The average molecular weight is 391 g/mol. The highest BCUT2D eigenvalue weighted by molar-refractivity contribution is 6.41. The number of carbonyl (C=O) groups is 1. The van der Waals surface area contributed by atoms with Crippen molar-refractivity contribution in [1.29, 1.82) is 0 Å². The summed E-state index contributed by atoms with van der Waals surface area (Å²) < 4.78 is 10.3. The van der Waals surface area contributed by atoms with E-state index in [0.29, 0.717) is 17.3 Å². The molecule has 0 saturated heterocycles. The topological polar surface area (TPSA) is 72.5 Å². The van der Waals surface area contributed by atoms with Gasteiger partial charge in [0.25, 0.3) is 5.91 Å². The molecule has 0 saturated carbocycles. The lowest BCUT2D eigenvalue weighted by Crippen LogP contribution is -2.30. The SMILES string of the molecule is COCCOc1ncccc1C(=O)NNc1c(Cl)cc(Cl)cc1Cl. The third-order valence-corrected chi connectivity index (χ3v) is 3.66. The second-order valence-corrected chi connectivity index (χ2v) is 5.77. The average Bonchev–Trinajstić information content (AvgIpc) is 2.54. The lowest BCUT2D eigenvalue weighted by molar-refractivity contribution is 0.0953. The fourth-order valence-electron chi connectivity index (χ4n) is 1.75. The Morgan fingerprint density at radius 2 is 1.92 bits per heavy atom. The highest BCUT2D eigenvalue weighted by atomic mass is 35.5. The molecule has 0 aliphatic carbocycles. The summed E-state index contributed by atoms with van der Waals surface area (Å²) in [6, 6.07) is 6.22. The molecule has 0 unspecified atom stereocenters. The molecule has 6 nitrogen and oxygen atoms in total. The standard InChI is InChI=1S/C15H14Cl3N3O3/c1-23-5-6-24-15-10(3-2-4-19-15)14(22)21-20-13-11(17)7-9(16)8-12(13)18/h2-4,7-8,20H,5-6H2,1H3,(H,21,22). The highest BCUT2D eigenvalue weighted by Crippen LogP contribution is 2.33. The van der Waals surface area contributed by atoms with E-state index in [-0.39, 0.29) is 28.1 Å². The lowest BCUT2D eigenvalue weighted by atomic mass is 10.2. The molecule has 1 aromatic heterocycles. The molecule has 0 radical (unpaired) electrons. The minimum Gasteiger partial charge on any atom is -0.475 e. The number of methoxy groups -OCH3 is 1. The van der Waals surface area contributed by atoms with Gasteiger partial charge in [-0.05, 0) is 24.3 Å². The molecular formula is C15H14Cl3N3O3. The van der Waals surface area contributed by atoms with Gasteiger partial charge in [-0.3, -0.25) is 15.6 Å². The van der Waals surface area contributed by atoms with Crippen LogP contribution < -0.4 is 15.6 Å². The number of nitrogens with one attached hydrogen (secondary N) is 2. The van der Waals surface area contributed by atoms with E-state index in [0.717, 1.165) is 0 Å². The van der Waals surface area contributed by atoms with Crippen LogP contribution in [0.1, 0.15) is 10.4 Å². The lowest BCUT2D eigenvalue weighted by Gasteiger charge is -2.13. The number of carbonyl (C=O) groups excluding carboxylic acids is 1. The molecule has 1 amide bonds. The van der Waals surface area contributed by atoms with E-state index in [4.69, 9.17) is 44.3 Å². The quantitative estimate of drug-likeness (QED) is 0.555. The van der Waals surface area contributed by atoms with Crippen molar-refractivity contribution in [3.05, 3.63) is 51.1 Å². The first-order valence-corrected chi connectivity index (χ1v) is 7.94. The van der Waals surface area contributed by atoms with Gasteiger partial charge in [0.05, 0.1) is 22.3 Å². The third kappa shape index (κ3) is 4.88. The Morgan fingerprint density at radius 3 is 2.58 bits per heavy atom. The van der Waals surface area contributed by atoms with Crippen LogP contribution in [0.3, 0.4) is 0 Å². The van der Waals surface area contributed by atoms with Crippen molar-refractivity contribution in [2.75, 3.05) is 25.7 Å². The number of benzene rings is 1. The van der Waals surface area contributed by atoms with Gasteiger partial charge in [-0.25, -0.2) is 4.98 Å². The Kier molecular flexibility index (Phi) is 6.93. The van der Waals surface area contributed by atoms with Crippen molar-refractivity contribution in [3.8, 4) is 5.88 Å². The number of ether oxygens (including phenoxy) is 2. The van der Waals surface area contributed by atoms with Crippen LogP contribution in [0.25, 0.3) is 0 Å². The number of nitrogens with zero attached hydrogens (tertiary/aromatic N) is 1. The van der Waals surface area contributed by atoms with E-state index in [1.165, 1.54) is 18.3 Å². The minimum absolute atomic E-state index is 0.196. The van der Waals surface area contributed by atoms with Gasteiger partial charge >= 0.3 is 0 Å². The Balaban J connectivity index is 2.08. The van der Waals surface area contributed by atoms with Crippen molar-refractivity contribution in [2.24, 2.45) is 0 Å². The van der Waals surface area contributed by atoms with Gasteiger partial charge in [-0.15, -0.1) is 0 Å². The molecule has 1 heterocycles. The summed E-state index contributed by atoms with van der Waals surface area (Å²) in [5.74, 6) is -0.264. The minimum atomic E-state index is -0.461. The molecule has 0 bridgehead atoms. The maximum absolute atomic E-state index is 12.3. The summed E-state index contributed by atoms with van der Waals surface area (Å²) in [4.78, 5) is 16.4. The number of pyridine rings is 1. The maximum Gasteiger partial charge on any atom is 0.275 e. The van der Waals surface area contributed by atoms with Crippen molar-refractivity contribution in [2.45, 2.75) is 0 Å². The first-order chi connectivity index (χ1) is 11.5. The van der Waals surface area contributed by atoms with Crippen LogP contribution in [0, 0.1) is 0 Å². The number of hydrogen-bond acceptors (Lipinski definition) is 5. The third-order valence-electron chi connectivity index (χ3n) is 2.85. The van der Waals surface area contributed by atoms with Gasteiger partial charge in [0.2, 0.25) is 5.88 Å². The second-order valence-electron chi connectivity index (χ2n) is 4.52. The van der Waals surface area contributed by atoms with E-state index >= 15 is 0 Å². The molecule has 0 atom stereocenters. The van der Waals surface area contributed by atoms with Gasteiger partial charge in [0.1, 0.15) is 12.2 Å². The normalized spacial score (nSPS) is 10.3. The molecule has 1 aromatic carbocycles. The smallest absolute Gasteiger partial charge is 0.275 e. The van der Waals surface area contributed by atoms with Crippen LogP contribution in [-0.2, 0) is 4.74 Å². The van der Waals surface area contributed by atoms with Crippen LogP contribution in [0.4, 0.5) is 5.69 Å². The van der Waals surface area contributed by atoms with Crippen LogP contribution in [0.2, 0.25) is 15.1 Å². The van der Waals surface area contributed by atoms with E-state index in [9.17, 15) is 4.79 Å². The predicted octanol–water partition coefficient (Wildman–Crippen LogP) is 3.82. The Bertz CT molecular complexity index is 705. The van der Waals surface area contributed by atoms with E-state index in [1.54, 1.807) is 19.2 Å². The zero-order valence-corrected chi connectivity index (χ0v) is 14.9. The first-order valence-electron chi connectivity index (χ1n) is 6.80. The van der Waals surface area contributed by atoms with Crippen molar-refractivity contribution >= 4 is 46.4 Å². The molecule has 2 N–H and O–H groups in total. The van der Waals surface area contributed by atoms with Gasteiger partial charge < -0.3 is 9.47 Å². The van der Waals surface area contributed by atoms with Crippen molar-refractivity contribution in [1.82, 2.24) is 10.4 Å². The zero-order valence-electron chi connectivity index (χ0n) is 12.6. The molecule has 0 spiro atoms. The maximum atomic E-state index is 12.3. The van der Waals surface area contributed by atoms with Crippen molar-refractivity contribution < 1.29 is 14.3 Å². The van der Waals surface area contributed by atoms with Gasteiger partial charge in [-0.1, -0.05) is 34.8 Å². The number of aromatic nitrogens is 1. The Morgan fingerprint density at radius 1 is 1.21 bits per heavy atom. The molecule has 9 heteroatoms. The number of hydrazine groups is 1. The number of amides is 1. The monoisotopic (exact) mass is 389 g/mol. The van der Waals surface area contributed by atoms with Crippen LogP contribution in [0.15, 0.2) is 30.5 Å². The summed E-state index contributed by atoms with van der Waals surface area (Å²) >= 11 is 17.9. The molecular weight excluding hydrogens is 377 g/mol. The molecule has 0 fully saturated rings. The van der Waals surface area contributed by atoms with Crippen LogP contribution >= 0.6 is 34.8 Å². The fraction of sp³-hybridized carbons (Fsp3) is 0.200. The number of anilines is 1. The van der Waals surface area contributed by atoms with E-state index in [1.807, 2.05) is 0 Å². The van der Waals surface area contributed by atoms with E-state index < -0.39 is 5.91 Å². The van der Waals surface area contributed by atoms with Gasteiger partial charge in [0.15, 0.2) is 0 Å². The van der Waals surface area contributed by atoms with Crippen molar-refractivity contribution in [3.63, 3.8) is 0 Å². The largest absolute Gasteiger partial charge is 0.475 e. The zero-order chi connectivity index (χ0) is 17.5. The Hall–Kier alpha value is -1.73. The fourth-order valence-corrected chi connectivity index (χ4v) is 2.66. The molecule has 0 aliphatic heterocycles. The van der Waals surface area contributed by atoms with Crippen LogP contribution in [-0.4, -0.2) is 31.2 Å². The predicted molar refractivity (Wildman–Crippen MR) is 94.2 cm³/mol. The summed E-state index contributed by atoms with van der Waals surface area (Å²) in [6.45, 7) is 0.655. The second kappa shape index (κ2) is 8.94. The first kappa shape index (κ1) is 18.6. The summed E-state index contributed by atoms with van der Waals surface area (Å²) in [5.41, 5.74) is 5.75. The summed E-state index contributed by atoms with van der Waals surface area (Å²) in [5, 5.41) is 0.939.